The second kappa shape index (κ2) is 11.5. The molecule has 0 atom stereocenters. The summed E-state index contributed by atoms with van der Waals surface area (Å²) < 4.78 is 27.9. The van der Waals surface area contributed by atoms with Gasteiger partial charge in [-0.2, -0.15) is 0 Å². The van der Waals surface area contributed by atoms with E-state index in [1.54, 1.807) is 37.4 Å². The minimum atomic E-state index is -0.548. The molecule has 1 heterocycles. The van der Waals surface area contributed by atoms with Crippen molar-refractivity contribution in [2.24, 2.45) is 0 Å². The predicted octanol–water partition coefficient (Wildman–Crippen LogP) is 0.955. The van der Waals surface area contributed by atoms with Crippen LogP contribution in [0.15, 0.2) is 45.6 Å². The number of nitrogens with zero attached hydrogens (tertiary/aromatic N) is 1. The molecule has 0 saturated carbocycles. The smallest absolute Gasteiger partial charge is 0.379 e. The quantitative estimate of drug-likeness (QED) is 0.168. The minimum absolute atomic E-state index is 0. The lowest BCUT2D eigenvalue weighted by Crippen LogP contribution is -3.00. The summed E-state index contributed by atoms with van der Waals surface area (Å²) in [6.45, 7) is 0.809. The first kappa shape index (κ1) is 26.6. The van der Waals surface area contributed by atoms with Gasteiger partial charge in [-0.3, -0.25) is 4.48 Å². The lowest BCUT2D eigenvalue weighted by atomic mass is 10.2. The van der Waals surface area contributed by atoms with Crippen molar-refractivity contribution in [3.8, 4) is 28.7 Å². The minimum Gasteiger partial charge on any atom is -1.00 e. The molecule has 8 nitrogen and oxygen atoms in total. The van der Waals surface area contributed by atoms with Crippen LogP contribution in [0.1, 0.15) is 12.8 Å². The van der Waals surface area contributed by atoms with Gasteiger partial charge in [0.15, 0.2) is 11.5 Å². The molecule has 0 aliphatic rings. The SMILES string of the molecule is COc1cc2cc(OCCCCOc3cc(O)cc([N+](C)(C)C)c3)c(=O)oc2cc1OC.[I-]. The maximum absolute atomic E-state index is 12.2. The molecule has 3 aromatic rings. The van der Waals surface area contributed by atoms with Crippen LogP contribution in [0.2, 0.25) is 0 Å². The average Bonchev–Trinajstić information content (AvgIpc) is 2.74. The zero-order chi connectivity index (χ0) is 23.3. The number of benzene rings is 2. The molecule has 33 heavy (non-hydrogen) atoms. The molecule has 0 fully saturated rings. The number of hydrogen-bond acceptors (Lipinski definition) is 7. The molecule has 1 N–H and O–H groups in total. The van der Waals surface area contributed by atoms with Gasteiger partial charge in [-0.25, -0.2) is 4.79 Å². The number of methoxy groups -OCH3 is 2. The molecule has 0 radical (unpaired) electrons. The van der Waals surface area contributed by atoms with Crippen molar-refractivity contribution >= 4 is 16.7 Å². The van der Waals surface area contributed by atoms with Crippen LogP contribution >= 0.6 is 0 Å². The van der Waals surface area contributed by atoms with Gasteiger partial charge in [-0.1, -0.05) is 0 Å². The first-order chi connectivity index (χ1) is 15.2. The number of phenolic OH excluding ortho intramolecular Hbond substituents is 1. The van der Waals surface area contributed by atoms with Crippen molar-refractivity contribution in [3.63, 3.8) is 0 Å². The lowest BCUT2D eigenvalue weighted by Gasteiger charge is -2.24. The number of quaternary nitrogens is 1. The van der Waals surface area contributed by atoms with Crippen molar-refractivity contribution in [2.45, 2.75) is 12.8 Å². The Morgan fingerprint density at radius 3 is 2.09 bits per heavy atom. The molecule has 9 heteroatoms. The number of fused-ring (bicyclic) bond motifs is 1. The molecule has 2 aromatic carbocycles. The third-order valence-corrected chi connectivity index (χ3v) is 4.92. The normalized spacial score (nSPS) is 11.1. The van der Waals surface area contributed by atoms with Crippen LogP contribution in [0, 0.1) is 0 Å². The number of unbranched alkanes of at least 4 members (excludes halogenated alkanes) is 1. The van der Waals surface area contributed by atoms with E-state index in [0.717, 1.165) is 12.1 Å². The van der Waals surface area contributed by atoms with E-state index >= 15 is 0 Å². The van der Waals surface area contributed by atoms with Crippen molar-refractivity contribution in [2.75, 3.05) is 48.6 Å². The summed E-state index contributed by atoms with van der Waals surface area (Å²) in [6.07, 6.45) is 1.41. The van der Waals surface area contributed by atoms with Crippen LogP contribution in [0.5, 0.6) is 28.7 Å². The van der Waals surface area contributed by atoms with Gasteiger partial charge in [0.1, 0.15) is 22.8 Å². The molecule has 0 aliphatic heterocycles. The van der Waals surface area contributed by atoms with Crippen LogP contribution in [0.3, 0.4) is 0 Å². The Kier molecular flexibility index (Phi) is 9.24. The van der Waals surface area contributed by atoms with Crippen molar-refractivity contribution in [3.05, 3.63) is 46.8 Å². The first-order valence-electron chi connectivity index (χ1n) is 10.3. The Hall–Kier alpha value is -2.66. The number of aromatic hydroxyl groups is 1. The summed E-state index contributed by atoms with van der Waals surface area (Å²) in [5, 5.41) is 10.6. The second-order valence-electron chi connectivity index (χ2n) is 8.24. The van der Waals surface area contributed by atoms with Crippen molar-refractivity contribution < 1.29 is 52.4 Å². The van der Waals surface area contributed by atoms with Crippen LogP contribution in [-0.4, -0.2) is 53.7 Å². The van der Waals surface area contributed by atoms with Gasteiger partial charge >= 0.3 is 5.63 Å². The van der Waals surface area contributed by atoms with Crippen LogP contribution in [-0.2, 0) is 0 Å². The summed E-state index contributed by atoms with van der Waals surface area (Å²) in [7, 11) is 9.12. The molecule has 0 spiro atoms. The second-order valence-corrected chi connectivity index (χ2v) is 8.24. The Labute approximate surface area is 210 Å². The number of rotatable bonds is 10. The summed E-state index contributed by atoms with van der Waals surface area (Å²) in [5.41, 5.74) is 0.793. The lowest BCUT2D eigenvalue weighted by molar-refractivity contribution is -0.00000975. The molecule has 0 aliphatic carbocycles. The number of phenols is 1. The molecule has 0 bridgehead atoms. The highest BCUT2D eigenvalue weighted by Gasteiger charge is 2.15. The molecular weight excluding hydrogens is 541 g/mol. The van der Waals surface area contributed by atoms with Gasteiger partial charge in [-0.15, -0.1) is 0 Å². The van der Waals surface area contributed by atoms with E-state index in [1.165, 1.54) is 7.11 Å². The van der Waals surface area contributed by atoms with Gasteiger partial charge in [0.2, 0.25) is 5.75 Å². The Balaban J connectivity index is 0.00000385. The molecule has 0 saturated heterocycles. The van der Waals surface area contributed by atoms with E-state index in [0.29, 0.717) is 52.3 Å². The Morgan fingerprint density at radius 2 is 1.45 bits per heavy atom. The van der Waals surface area contributed by atoms with Gasteiger partial charge in [0, 0.05) is 29.7 Å². The average molecular weight is 571 g/mol. The van der Waals surface area contributed by atoms with Gasteiger partial charge < -0.3 is 52.4 Å². The molecular formula is C24H30INO7. The van der Waals surface area contributed by atoms with Gasteiger partial charge in [0.25, 0.3) is 0 Å². The third-order valence-electron chi connectivity index (χ3n) is 4.92. The largest absolute Gasteiger partial charge is 1.00 e. The molecule has 0 amide bonds. The maximum atomic E-state index is 12.2. The molecule has 0 unspecified atom stereocenters. The summed E-state index contributed by atoms with van der Waals surface area (Å²) in [5.74, 6) is 1.96. The maximum Gasteiger partial charge on any atom is 0.379 e. The zero-order valence-corrected chi connectivity index (χ0v) is 21.7. The molecule has 1 aromatic heterocycles. The van der Waals surface area contributed by atoms with Crippen LogP contribution in [0.4, 0.5) is 5.69 Å². The number of halogens is 1. The monoisotopic (exact) mass is 571 g/mol. The highest BCUT2D eigenvalue weighted by molar-refractivity contribution is 5.81. The van der Waals surface area contributed by atoms with E-state index in [2.05, 4.69) is 0 Å². The van der Waals surface area contributed by atoms with E-state index in [1.807, 2.05) is 27.2 Å². The summed E-state index contributed by atoms with van der Waals surface area (Å²) in [6, 6.07) is 10.2. The fourth-order valence-corrected chi connectivity index (χ4v) is 3.14. The third kappa shape index (κ3) is 6.91. The molecule has 180 valence electrons. The summed E-state index contributed by atoms with van der Waals surface area (Å²) in [4.78, 5) is 12.2. The first-order valence-corrected chi connectivity index (χ1v) is 10.3. The van der Waals surface area contributed by atoms with Crippen molar-refractivity contribution in [1.82, 2.24) is 4.48 Å². The fraction of sp³-hybridized carbons (Fsp3) is 0.375. The number of hydrogen-bond donors (Lipinski definition) is 1. The van der Waals surface area contributed by atoms with Crippen LogP contribution in [0.25, 0.3) is 11.0 Å². The standard InChI is InChI=1S/C24H29NO7.HI/c1-25(2,3)17-12-18(26)14-19(13-17)30-8-6-7-9-31-23-11-16-10-21(28-4)22(29-5)15-20(16)32-24(23)27;/h10-15H,6-9H2,1-5H3;1H. The van der Waals surface area contributed by atoms with E-state index < -0.39 is 5.63 Å². The van der Waals surface area contributed by atoms with Gasteiger partial charge in [-0.05, 0) is 25.0 Å². The van der Waals surface area contributed by atoms with Crippen LogP contribution < -0.4 is 53.0 Å². The van der Waals surface area contributed by atoms with Crippen molar-refractivity contribution in [1.29, 1.82) is 0 Å². The number of ether oxygens (including phenoxy) is 4. The highest BCUT2D eigenvalue weighted by Crippen LogP contribution is 2.33. The Bertz CT molecular complexity index is 1140. The zero-order valence-electron chi connectivity index (χ0n) is 19.5. The topological polar surface area (TPSA) is 87.4 Å². The predicted molar refractivity (Wildman–Crippen MR) is 123 cm³/mol. The van der Waals surface area contributed by atoms with E-state index in [9.17, 15) is 9.90 Å². The fourth-order valence-electron chi connectivity index (χ4n) is 3.14. The summed E-state index contributed by atoms with van der Waals surface area (Å²) >= 11 is 0. The van der Waals surface area contributed by atoms with E-state index in [4.69, 9.17) is 23.4 Å². The highest BCUT2D eigenvalue weighted by atomic mass is 127. The van der Waals surface area contributed by atoms with Gasteiger partial charge in [0.05, 0.1) is 48.6 Å². The molecule has 3 rings (SSSR count). The Morgan fingerprint density at radius 1 is 0.848 bits per heavy atom. The van der Waals surface area contributed by atoms with E-state index in [-0.39, 0.29) is 35.5 Å².